The quantitative estimate of drug-likeness (QED) is 0.539. The first-order chi connectivity index (χ1) is 11.8. The second-order valence-corrected chi connectivity index (χ2v) is 6.41. The van der Waals surface area contributed by atoms with Crippen LogP contribution in [0.25, 0.3) is 0 Å². The Morgan fingerprint density at radius 1 is 1.33 bits per heavy atom. The molecule has 1 aromatic rings. The molecular weight excluding hydrogens is 302 g/mol. The van der Waals surface area contributed by atoms with Gasteiger partial charge in [0.25, 0.3) is 0 Å². The Labute approximate surface area is 145 Å². The highest BCUT2D eigenvalue weighted by Gasteiger charge is 2.14. The maximum absolute atomic E-state index is 5.78. The molecule has 1 fully saturated rings. The van der Waals surface area contributed by atoms with Crippen LogP contribution in [-0.2, 0) is 16.1 Å². The fourth-order valence-corrected chi connectivity index (χ4v) is 2.73. The van der Waals surface area contributed by atoms with Crippen molar-refractivity contribution < 1.29 is 9.47 Å². The smallest absolute Gasteiger partial charge is 0.190 e. The highest BCUT2D eigenvalue weighted by molar-refractivity contribution is 5.79. The van der Waals surface area contributed by atoms with Crippen molar-refractivity contribution in [3.63, 3.8) is 0 Å². The largest absolute Gasteiger partial charge is 0.378 e. The maximum atomic E-state index is 5.78. The predicted molar refractivity (Wildman–Crippen MR) is 98.2 cm³/mol. The van der Waals surface area contributed by atoms with E-state index in [9.17, 15) is 0 Å². The summed E-state index contributed by atoms with van der Waals surface area (Å²) in [6.07, 6.45) is 3.83. The van der Waals surface area contributed by atoms with Gasteiger partial charge >= 0.3 is 0 Å². The fourth-order valence-electron chi connectivity index (χ4n) is 2.73. The number of hydrogen-bond donors (Lipinski definition) is 2. The SMILES string of the molecule is CN=C(NCCC1CCCO1)NCC(C)COCc1ccccc1. The van der Waals surface area contributed by atoms with E-state index in [-0.39, 0.29) is 0 Å². The topological polar surface area (TPSA) is 54.9 Å². The molecule has 0 bridgehead atoms. The van der Waals surface area contributed by atoms with Crippen LogP contribution in [0.15, 0.2) is 35.3 Å². The Hall–Kier alpha value is -1.59. The standard InChI is InChI=1S/C19H31N3O2/c1-16(14-23-15-17-7-4-3-5-8-17)13-22-19(20-2)21-11-10-18-9-6-12-24-18/h3-5,7-8,16,18H,6,9-15H2,1-2H3,(H2,20,21,22). The van der Waals surface area contributed by atoms with Gasteiger partial charge in [-0.2, -0.15) is 0 Å². The second kappa shape index (κ2) is 11.0. The van der Waals surface area contributed by atoms with Crippen LogP contribution in [0, 0.1) is 5.92 Å². The summed E-state index contributed by atoms with van der Waals surface area (Å²) in [6, 6.07) is 10.3. The van der Waals surface area contributed by atoms with Gasteiger partial charge in [-0.3, -0.25) is 4.99 Å². The molecule has 2 atom stereocenters. The van der Waals surface area contributed by atoms with E-state index in [0.717, 1.165) is 38.7 Å². The minimum atomic E-state index is 0.418. The zero-order chi connectivity index (χ0) is 17.0. The molecule has 2 N–H and O–H groups in total. The molecule has 0 spiro atoms. The van der Waals surface area contributed by atoms with E-state index >= 15 is 0 Å². The first kappa shape index (κ1) is 18.7. The summed E-state index contributed by atoms with van der Waals surface area (Å²) < 4.78 is 11.4. The van der Waals surface area contributed by atoms with Crippen LogP contribution in [0.2, 0.25) is 0 Å². The third-order valence-electron chi connectivity index (χ3n) is 4.14. The van der Waals surface area contributed by atoms with E-state index in [1.807, 2.05) is 18.2 Å². The number of ether oxygens (including phenoxy) is 2. The summed E-state index contributed by atoms with van der Waals surface area (Å²) in [5, 5.41) is 6.71. The molecule has 0 saturated carbocycles. The van der Waals surface area contributed by atoms with E-state index < -0.39 is 0 Å². The van der Waals surface area contributed by atoms with Crippen LogP contribution in [0.3, 0.4) is 0 Å². The third-order valence-corrected chi connectivity index (χ3v) is 4.14. The molecular formula is C19H31N3O2. The lowest BCUT2D eigenvalue weighted by Gasteiger charge is -2.17. The van der Waals surface area contributed by atoms with Crippen LogP contribution < -0.4 is 10.6 Å². The van der Waals surface area contributed by atoms with E-state index in [4.69, 9.17) is 9.47 Å². The Bertz CT molecular complexity index is 473. The Kier molecular flexibility index (Phi) is 8.63. The Morgan fingerprint density at radius 2 is 2.17 bits per heavy atom. The number of guanidine groups is 1. The van der Waals surface area contributed by atoms with E-state index in [0.29, 0.717) is 18.6 Å². The highest BCUT2D eigenvalue weighted by Crippen LogP contribution is 2.14. The summed E-state index contributed by atoms with van der Waals surface area (Å²) in [7, 11) is 1.80. The molecule has 0 aromatic heterocycles. The van der Waals surface area contributed by atoms with Crippen molar-refractivity contribution in [3.8, 4) is 0 Å². The molecule has 2 unspecified atom stereocenters. The Morgan fingerprint density at radius 3 is 2.88 bits per heavy atom. The summed E-state index contributed by atoms with van der Waals surface area (Å²) in [5.74, 6) is 1.27. The zero-order valence-electron chi connectivity index (χ0n) is 15.0. The maximum Gasteiger partial charge on any atom is 0.190 e. The monoisotopic (exact) mass is 333 g/mol. The lowest BCUT2D eigenvalue weighted by Crippen LogP contribution is -2.41. The van der Waals surface area contributed by atoms with Crippen molar-refractivity contribution >= 4 is 5.96 Å². The van der Waals surface area contributed by atoms with Crippen molar-refractivity contribution in [1.29, 1.82) is 0 Å². The van der Waals surface area contributed by atoms with Crippen LogP contribution in [0.5, 0.6) is 0 Å². The van der Waals surface area contributed by atoms with Gasteiger partial charge in [-0.25, -0.2) is 0 Å². The summed E-state index contributed by atoms with van der Waals surface area (Å²) in [6.45, 7) is 6.22. The lowest BCUT2D eigenvalue weighted by molar-refractivity contribution is 0.0930. The normalized spacial score (nSPS) is 19.2. The fraction of sp³-hybridized carbons (Fsp3) is 0.632. The van der Waals surface area contributed by atoms with Gasteiger partial charge in [-0.15, -0.1) is 0 Å². The molecule has 5 nitrogen and oxygen atoms in total. The molecule has 5 heteroatoms. The van der Waals surface area contributed by atoms with Gasteiger partial charge in [0.05, 0.1) is 19.3 Å². The third kappa shape index (κ3) is 7.32. The molecule has 0 aliphatic carbocycles. The van der Waals surface area contributed by atoms with E-state index in [2.05, 4.69) is 34.7 Å². The highest BCUT2D eigenvalue weighted by atomic mass is 16.5. The minimum absolute atomic E-state index is 0.418. The summed E-state index contributed by atoms with van der Waals surface area (Å²) in [5.41, 5.74) is 1.21. The van der Waals surface area contributed by atoms with Crippen LogP contribution in [-0.4, -0.2) is 45.4 Å². The van der Waals surface area contributed by atoms with Crippen molar-refractivity contribution in [2.75, 3.05) is 33.4 Å². The minimum Gasteiger partial charge on any atom is -0.378 e. The van der Waals surface area contributed by atoms with E-state index in [1.54, 1.807) is 7.05 Å². The number of hydrogen-bond acceptors (Lipinski definition) is 3. The molecule has 0 amide bonds. The van der Waals surface area contributed by atoms with Crippen molar-refractivity contribution in [3.05, 3.63) is 35.9 Å². The number of aliphatic imine (C=N–C) groups is 1. The number of benzene rings is 1. The first-order valence-electron chi connectivity index (χ1n) is 8.95. The predicted octanol–water partition coefficient (Wildman–Crippen LogP) is 2.57. The van der Waals surface area contributed by atoms with Gasteiger partial charge in [0.2, 0.25) is 0 Å². The Balaban J connectivity index is 1.54. The van der Waals surface area contributed by atoms with Crippen molar-refractivity contribution in [2.24, 2.45) is 10.9 Å². The average Bonchev–Trinajstić information content (AvgIpc) is 3.12. The number of rotatable bonds is 9. The van der Waals surface area contributed by atoms with Crippen LogP contribution in [0.4, 0.5) is 0 Å². The average molecular weight is 333 g/mol. The van der Waals surface area contributed by atoms with Gasteiger partial charge in [0.1, 0.15) is 0 Å². The molecule has 24 heavy (non-hydrogen) atoms. The molecule has 1 saturated heterocycles. The molecule has 1 aromatic carbocycles. The molecule has 2 rings (SSSR count). The van der Waals surface area contributed by atoms with Gasteiger partial charge in [-0.1, -0.05) is 37.3 Å². The number of nitrogens with zero attached hydrogens (tertiary/aromatic N) is 1. The second-order valence-electron chi connectivity index (χ2n) is 6.41. The summed E-state index contributed by atoms with van der Waals surface area (Å²) >= 11 is 0. The molecule has 134 valence electrons. The van der Waals surface area contributed by atoms with E-state index in [1.165, 1.54) is 18.4 Å². The zero-order valence-corrected chi connectivity index (χ0v) is 15.0. The van der Waals surface area contributed by atoms with Gasteiger partial charge in [0, 0.05) is 26.7 Å². The van der Waals surface area contributed by atoms with Crippen molar-refractivity contribution in [2.45, 2.75) is 38.9 Å². The molecule has 0 radical (unpaired) electrons. The van der Waals surface area contributed by atoms with Crippen molar-refractivity contribution in [1.82, 2.24) is 10.6 Å². The molecule has 1 aliphatic rings. The lowest BCUT2D eigenvalue weighted by atomic mass is 10.2. The number of nitrogens with one attached hydrogen (secondary N) is 2. The van der Waals surface area contributed by atoms with Crippen LogP contribution >= 0.6 is 0 Å². The summed E-state index contributed by atoms with van der Waals surface area (Å²) in [4.78, 5) is 4.26. The van der Waals surface area contributed by atoms with Gasteiger partial charge in [-0.05, 0) is 30.7 Å². The molecule has 1 aliphatic heterocycles. The van der Waals surface area contributed by atoms with Gasteiger partial charge in [0.15, 0.2) is 5.96 Å². The van der Waals surface area contributed by atoms with Gasteiger partial charge < -0.3 is 20.1 Å². The first-order valence-corrected chi connectivity index (χ1v) is 8.95. The van der Waals surface area contributed by atoms with Crippen LogP contribution in [0.1, 0.15) is 31.7 Å². The molecule has 1 heterocycles.